The quantitative estimate of drug-likeness (QED) is 0.733. The van der Waals surface area contributed by atoms with Gasteiger partial charge in [-0.3, -0.25) is 0 Å². The van der Waals surface area contributed by atoms with Crippen LogP contribution in [0.4, 0.5) is 5.69 Å². The highest BCUT2D eigenvalue weighted by Crippen LogP contribution is 2.30. The molecule has 0 saturated carbocycles. The minimum Gasteiger partial charge on any atom is -0.398 e. The van der Waals surface area contributed by atoms with E-state index in [1.807, 2.05) is 25.1 Å². The Hall–Kier alpha value is -2.11. The zero-order valence-electron chi connectivity index (χ0n) is 11.1. The summed E-state index contributed by atoms with van der Waals surface area (Å²) in [7, 11) is 0. The van der Waals surface area contributed by atoms with Gasteiger partial charge in [0.25, 0.3) is 0 Å². The first-order chi connectivity index (χ1) is 10.1. The minimum atomic E-state index is 0.487. The topological polar surface area (TPSA) is 69.6 Å². The van der Waals surface area contributed by atoms with E-state index in [0.29, 0.717) is 32.8 Å². The number of aryl methyl sites for hydroxylation is 1. The molecule has 0 saturated heterocycles. The number of nitrogens with zero attached hydrogens (tertiary/aromatic N) is 4. The highest BCUT2D eigenvalue weighted by Gasteiger charge is 2.16. The Balaban J connectivity index is 2.19. The number of nitrogens with two attached hydrogens (primary N) is 1. The lowest BCUT2D eigenvalue weighted by Gasteiger charge is -2.09. The van der Waals surface area contributed by atoms with Crippen molar-refractivity contribution in [3.05, 3.63) is 52.0 Å². The molecular weight excluding hydrogens is 309 g/mol. The Bertz CT molecular complexity index is 813. The molecule has 0 radical (unpaired) electrons. The summed E-state index contributed by atoms with van der Waals surface area (Å²) in [6, 6.07) is 10.8. The Labute approximate surface area is 131 Å². The van der Waals surface area contributed by atoms with E-state index in [2.05, 4.69) is 15.5 Å². The monoisotopic (exact) mass is 319 g/mol. The molecule has 0 unspecified atom stereocenters. The van der Waals surface area contributed by atoms with Crippen LogP contribution in [0.25, 0.3) is 17.1 Å². The molecular formula is C14H11Cl2N5. The van der Waals surface area contributed by atoms with Crippen molar-refractivity contribution in [3.63, 3.8) is 0 Å². The Morgan fingerprint density at radius 1 is 1.10 bits per heavy atom. The molecule has 2 aromatic carbocycles. The van der Waals surface area contributed by atoms with E-state index in [4.69, 9.17) is 28.9 Å². The second-order valence-electron chi connectivity index (χ2n) is 4.60. The summed E-state index contributed by atoms with van der Waals surface area (Å²) in [6.07, 6.45) is 0. The third kappa shape index (κ3) is 2.57. The highest BCUT2D eigenvalue weighted by atomic mass is 35.5. The maximum absolute atomic E-state index is 6.28. The predicted molar refractivity (Wildman–Crippen MR) is 83.8 cm³/mol. The molecule has 0 aliphatic rings. The largest absolute Gasteiger partial charge is 0.398 e. The summed E-state index contributed by atoms with van der Waals surface area (Å²) in [5, 5.41) is 12.9. The molecule has 1 heterocycles. The van der Waals surface area contributed by atoms with Crippen LogP contribution in [0.15, 0.2) is 36.4 Å². The van der Waals surface area contributed by atoms with Gasteiger partial charge >= 0.3 is 0 Å². The van der Waals surface area contributed by atoms with Crippen molar-refractivity contribution in [3.8, 4) is 17.1 Å². The zero-order valence-corrected chi connectivity index (χ0v) is 12.6. The van der Waals surface area contributed by atoms with Gasteiger partial charge in [-0.25, -0.2) is 0 Å². The molecule has 5 nitrogen and oxygen atoms in total. The highest BCUT2D eigenvalue weighted by molar-refractivity contribution is 6.32. The Kier molecular flexibility index (Phi) is 3.53. The summed E-state index contributed by atoms with van der Waals surface area (Å²) in [6.45, 7) is 1.96. The number of tetrazole rings is 1. The van der Waals surface area contributed by atoms with Gasteiger partial charge < -0.3 is 5.73 Å². The average molecular weight is 320 g/mol. The summed E-state index contributed by atoms with van der Waals surface area (Å²) >= 11 is 12.3. The molecule has 106 valence electrons. The van der Waals surface area contributed by atoms with Crippen molar-refractivity contribution in [2.45, 2.75) is 6.92 Å². The van der Waals surface area contributed by atoms with Crippen LogP contribution in [0.5, 0.6) is 0 Å². The van der Waals surface area contributed by atoms with Gasteiger partial charge in [0, 0.05) is 16.3 Å². The standard InChI is InChI=1S/C14H11Cl2N5/c1-8-2-5-13(11(16)6-8)21-14(18-19-20-21)10-7-9(15)3-4-12(10)17/h2-7H,17H2,1H3. The number of aromatic nitrogens is 4. The summed E-state index contributed by atoms with van der Waals surface area (Å²) < 4.78 is 1.55. The van der Waals surface area contributed by atoms with Crippen LogP contribution in [0.1, 0.15) is 5.56 Å². The first-order valence-corrected chi connectivity index (χ1v) is 6.92. The van der Waals surface area contributed by atoms with Gasteiger partial charge in [0.05, 0.1) is 10.7 Å². The predicted octanol–water partition coefficient (Wildman–Crippen LogP) is 3.53. The molecule has 0 amide bonds. The third-order valence-electron chi connectivity index (χ3n) is 3.06. The third-order valence-corrected chi connectivity index (χ3v) is 3.59. The van der Waals surface area contributed by atoms with E-state index in [0.717, 1.165) is 5.56 Å². The van der Waals surface area contributed by atoms with E-state index in [1.54, 1.807) is 22.9 Å². The van der Waals surface area contributed by atoms with Gasteiger partial charge in [0.1, 0.15) is 0 Å². The van der Waals surface area contributed by atoms with Gasteiger partial charge in [-0.05, 0) is 53.2 Å². The van der Waals surface area contributed by atoms with Gasteiger partial charge in [0.15, 0.2) is 5.82 Å². The fourth-order valence-corrected chi connectivity index (χ4v) is 2.51. The van der Waals surface area contributed by atoms with E-state index in [9.17, 15) is 0 Å². The smallest absolute Gasteiger partial charge is 0.189 e. The van der Waals surface area contributed by atoms with Crippen molar-refractivity contribution in [1.82, 2.24) is 20.2 Å². The van der Waals surface area contributed by atoms with Crippen molar-refractivity contribution in [2.75, 3.05) is 5.73 Å². The SMILES string of the molecule is Cc1ccc(-n2nnnc2-c2cc(Cl)ccc2N)c(Cl)c1. The van der Waals surface area contributed by atoms with Crippen molar-refractivity contribution in [2.24, 2.45) is 0 Å². The molecule has 0 bridgehead atoms. The van der Waals surface area contributed by atoms with Crippen LogP contribution in [-0.4, -0.2) is 20.2 Å². The maximum Gasteiger partial charge on any atom is 0.189 e. The number of anilines is 1. The molecule has 7 heteroatoms. The maximum atomic E-state index is 6.28. The Morgan fingerprint density at radius 2 is 1.90 bits per heavy atom. The number of hydrogen-bond acceptors (Lipinski definition) is 4. The van der Waals surface area contributed by atoms with Gasteiger partial charge in [-0.15, -0.1) is 5.10 Å². The minimum absolute atomic E-state index is 0.487. The molecule has 1 aromatic heterocycles. The van der Waals surface area contributed by atoms with Crippen LogP contribution in [0, 0.1) is 6.92 Å². The van der Waals surface area contributed by atoms with Gasteiger partial charge in [-0.2, -0.15) is 4.68 Å². The fraction of sp³-hybridized carbons (Fsp3) is 0.0714. The second-order valence-corrected chi connectivity index (χ2v) is 5.44. The average Bonchev–Trinajstić information content (AvgIpc) is 2.90. The first kappa shape index (κ1) is 13.9. The molecule has 21 heavy (non-hydrogen) atoms. The zero-order chi connectivity index (χ0) is 15.0. The molecule has 3 rings (SSSR count). The first-order valence-electron chi connectivity index (χ1n) is 6.16. The van der Waals surface area contributed by atoms with E-state index >= 15 is 0 Å². The molecule has 0 aliphatic heterocycles. The summed E-state index contributed by atoms with van der Waals surface area (Å²) in [4.78, 5) is 0. The molecule has 0 spiro atoms. The molecule has 3 aromatic rings. The molecule has 0 atom stereocenters. The van der Waals surface area contributed by atoms with Crippen LogP contribution in [0.2, 0.25) is 10.0 Å². The van der Waals surface area contributed by atoms with E-state index < -0.39 is 0 Å². The van der Waals surface area contributed by atoms with Gasteiger partial charge in [-0.1, -0.05) is 29.3 Å². The van der Waals surface area contributed by atoms with E-state index in [1.165, 1.54) is 0 Å². The second kappa shape index (κ2) is 5.35. The normalized spacial score (nSPS) is 10.8. The number of hydrogen-bond donors (Lipinski definition) is 1. The summed E-state index contributed by atoms with van der Waals surface area (Å²) in [5.41, 5.74) is 8.92. The number of benzene rings is 2. The van der Waals surface area contributed by atoms with E-state index in [-0.39, 0.29) is 0 Å². The van der Waals surface area contributed by atoms with Crippen LogP contribution in [-0.2, 0) is 0 Å². The number of halogens is 2. The molecule has 0 fully saturated rings. The van der Waals surface area contributed by atoms with Crippen molar-refractivity contribution >= 4 is 28.9 Å². The molecule has 2 N–H and O–H groups in total. The fourth-order valence-electron chi connectivity index (χ4n) is 2.02. The van der Waals surface area contributed by atoms with Crippen LogP contribution >= 0.6 is 23.2 Å². The lowest BCUT2D eigenvalue weighted by molar-refractivity contribution is 0.791. The Morgan fingerprint density at radius 3 is 2.67 bits per heavy atom. The van der Waals surface area contributed by atoms with Crippen molar-refractivity contribution in [1.29, 1.82) is 0 Å². The van der Waals surface area contributed by atoms with Crippen molar-refractivity contribution < 1.29 is 0 Å². The summed E-state index contributed by atoms with van der Waals surface area (Å²) in [5.74, 6) is 0.487. The lowest BCUT2D eigenvalue weighted by Crippen LogP contribution is -2.02. The van der Waals surface area contributed by atoms with Crippen LogP contribution in [0.3, 0.4) is 0 Å². The molecule has 0 aliphatic carbocycles. The number of nitrogen functional groups attached to an aromatic ring is 1. The lowest BCUT2D eigenvalue weighted by atomic mass is 10.1. The number of rotatable bonds is 2. The van der Waals surface area contributed by atoms with Gasteiger partial charge in [0.2, 0.25) is 0 Å². The van der Waals surface area contributed by atoms with Crippen LogP contribution < -0.4 is 5.73 Å².